The standard InChI is InChI=1S/C8H13N3O5/c1-15-5(7(14)16-2)3-4(6(12)13)11-8(9)10/h3-4H,1-2H3,(H,12,13)(H4,9,10,11). The van der Waals surface area contributed by atoms with Crippen molar-refractivity contribution in [3.63, 3.8) is 0 Å². The molecule has 0 aromatic rings. The Morgan fingerprint density at radius 2 is 1.88 bits per heavy atom. The number of esters is 1. The van der Waals surface area contributed by atoms with Gasteiger partial charge in [0.05, 0.1) is 14.2 Å². The van der Waals surface area contributed by atoms with Crippen LogP contribution in [0, 0.1) is 0 Å². The van der Waals surface area contributed by atoms with Crippen LogP contribution in [0.15, 0.2) is 16.8 Å². The molecular weight excluding hydrogens is 218 g/mol. The molecule has 0 heterocycles. The third-order valence-electron chi connectivity index (χ3n) is 1.46. The van der Waals surface area contributed by atoms with E-state index in [1.54, 1.807) is 0 Å². The quantitative estimate of drug-likeness (QED) is 0.170. The number of nitrogens with zero attached hydrogens (tertiary/aromatic N) is 1. The van der Waals surface area contributed by atoms with Crippen LogP contribution in [0.4, 0.5) is 0 Å². The van der Waals surface area contributed by atoms with Gasteiger partial charge in [-0.25, -0.2) is 14.6 Å². The van der Waals surface area contributed by atoms with E-state index in [0.29, 0.717) is 0 Å². The van der Waals surface area contributed by atoms with E-state index >= 15 is 0 Å². The molecule has 1 atom stereocenters. The van der Waals surface area contributed by atoms with Gasteiger partial charge in [0.2, 0.25) is 5.76 Å². The summed E-state index contributed by atoms with van der Waals surface area (Å²) < 4.78 is 8.99. The van der Waals surface area contributed by atoms with Crippen molar-refractivity contribution >= 4 is 17.9 Å². The van der Waals surface area contributed by atoms with Gasteiger partial charge in [-0.05, 0) is 0 Å². The first-order valence-electron chi connectivity index (χ1n) is 4.08. The number of ether oxygens (including phenoxy) is 2. The van der Waals surface area contributed by atoms with Crippen LogP contribution in [0.25, 0.3) is 0 Å². The lowest BCUT2D eigenvalue weighted by atomic mass is 10.2. The van der Waals surface area contributed by atoms with Crippen molar-refractivity contribution in [2.24, 2.45) is 16.5 Å². The second-order valence-electron chi connectivity index (χ2n) is 2.56. The number of hydrogen-bond donors (Lipinski definition) is 3. The van der Waals surface area contributed by atoms with Gasteiger partial charge in [-0.15, -0.1) is 0 Å². The Morgan fingerprint density at radius 3 is 2.19 bits per heavy atom. The number of carbonyl (C=O) groups excluding carboxylic acids is 1. The van der Waals surface area contributed by atoms with E-state index in [-0.39, 0.29) is 5.76 Å². The van der Waals surface area contributed by atoms with E-state index in [4.69, 9.17) is 16.6 Å². The predicted octanol–water partition coefficient (Wildman–Crippen LogP) is -1.58. The fourth-order valence-electron chi connectivity index (χ4n) is 0.788. The molecule has 1 unspecified atom stereocenters. The number of guanidine groups is 1. The zero-order chi connectivity index (χ0) is 12.7. The summed E-state index contributed by atoms with van der Waals surface area (Å²) in [4.78, 5) is 25.2. The maximum absolute atomic E-state index is 11.1. The highest BCUT2D eigenvalue weighted by atomic mass is 16.6. The molecule has 8 nitrogen and oxygen atoms in total. The van der Waals surface area contributed by atoms with Gasteiger partial charge >= 0.3 is 11.9 Å². The third kappa shape index (κ3) is 4.31. The average molecular weight is 231 g/mol. The maximum Gasteiger partial charge on any atom is 0.373 e. The van der Waals surface area contributed by atoms with Gasteiger partial charge in [-0.1, -0.05) is 0 Å². The van der Waals surface area contributed by atoms with Crippen molar-refractivity contribution < 1.29 is 24.2 Å². The van der Waals surface area contributed by atoms with Crippen LogP contribution in [0.3, 0.4) is 0 Å². The topological polar surface area (TPSA) is 137 Å². The summed E-state index contributed by atoms with van der Waals surface area (Å²) in [5.74, 6) is -2.85. The van der Waals surface area contributed by atoms with Crippen molar-refractivity contribution in [3.8, 4) is 0 Å². The molecule has 0 spiro atoms. The Balaban J connectivity index is 5.08. The lowest BCUT2D eigenvalue weighted by Gasteiger charge is -2.06. The lowest BCUT2D eigenvalue weighted by molar-refractivity contribution is -0.139. The monoisotopic (exact) mass is 231 g/mol. The summed E-state index contributed by atoms with van der Waals surface area (Å²) >= 11 is 0. The Labute approximate surface area is 91.5 Å². The molecule has 0 aromatic heterocycles. The Morgan fingerprint density at radius 1 is 1.31 bits per heavy atom. The summed E-state index contributed by atoms with van der Waals surface area (Å²) in [6.07, 6.45) is 0.938. The SMILES string of the molecule is COC(=O)C(=CC(N=C(N)N)C(=O)O)OC. The Bertz CT molecular complexity index is 333. The minimum absolute atomic E-state index is 0.292. The summed E-state index contributed by atoms with van der Waals surface area (Å²) in [6, 6.07) is -1.40. The summed E-state index contributed by atoms with van der Waals surface area (Å²) in [5.41, 5.74) is 10.1. The van der Waals surface area contributed by atoms with Gasteiger partial charge < -0.3 is 26.0 Å². The van der Waals surface area contributed by atoms with Crippen LogP contribution in [0.1, 0.15) is 0 Å². The summed E-state index contributed by atoms with van der Waals surface area (Å²) in [7, 11) is 2.32. The molecule has 0 aromatic carbocycles. The molecule has 0 bridgehead atoms. The van der Waals surface area contributed by atoms with Crippen LogP contribution < -0.4 is 11.5 Å². The minimum Gasteiger partial charge on any atom is -0.490 e. The normalized spacial score (nSPS) is 12.5. The molecular formula is C8H13N3O5. The van der Waals surface area contributed by atoms with Crippen LogP contribution in [0.2, 0.25) is 0 Å². The molecule has 16 heavy (non-hydrogen) atoms. The van der Waals surface area contributed by atoms with Gasteiger partial charge in [0.25, 0.3) is 0 Å². The van der Waals surface area contributed by atoms with Crippen molar-refractivity contribution in [1.29, 1.82) is 0 Å². The second-order valence-corrected chi connectivity index (χ2v) is 2.56. The number of methoxy groups -OCH3 is 2. The minimum atomic E-state index is -1.40. The molecule has 0 saturated carbocycles. The molecule has 90 valence electrons. The van der Waals surface area contributed by atoms with Crippen molar-refractivity contribution in [2.45, 2.75) is 6.04 Å². The fraction of sp³-hybridized carbons (Fsp3) is 0.375. The van der Waals surface area contributed by atoms with Crippen molar-refractivity contribution in [1.82, 2.24) is 0 Å². The number of nitrogens with two attached hydrogens (primary N) is 2. The van der Waals surface area contributed by atoms with Gasteiger partial charge in [0.15, 0.2) is 12.0 Å². The Hall–Kier alpha value is -2.25. The molecule has 0 radical (unpaired) electrons. The molecule has 0 amide bonds. The molecule has 0 aliphatic carbocycles. The lowest BCUT2D eigenvalue weighted by Crippen LogP contribution is -2.28. The van der Waals surface area contributed by atoms with Crippen LogP contribution in [-0.4, -0.2) is 43.3 Å². The van der Waals surface area contributed by atoms with Crippen molar-refractivity contribution in [2.75, 3.05) is 14.2 Å². The second kappa shape index (κ2) is 6.27. The summed E-state index contributed by atoms with van der Waals surface area (Å²) in [6.45, 7) is 0. The fourth-order valence-corrected chi connectivity index (χ4v) is 0.788. The molecule has 8 heteroatoms. The first-order chi connectivity index (χ1) is 7.42. The van der Waals surface area contributed by atoms with E-state index in [1.165, 1.54) is 7.11 Å². The van der Waals surface area contributed by atoms with Crippen molar-refractivity contribution in [3.05, 3.63) is 11.8 Å². The third-order valence-corrected chi connectivity index (χ3v) is 1.46. The highest BCUT2D eigenvalue weighted by molar-refractivity contribution is 5.89. The van der Waals surface area contributed by atoms with Crippen LogP contribution in [-0.2, 0) is 19.1 Å². The van der Waals surface area contributed by atoms with Crippen LogP contribution in [0.5, 0.6) is 0 Å². The van der Waals surface area contributed by atoms with E-state index < -0.39 is 23.9 Å². The number of carbonyl (C=O) groups is 2. The van der Waals surface area contributed by atoms with E-state index in [1.807, 2.05) is 0 Å². The average Bonchev–Trinajstić information content (AvgIpc) is 2.22. The number of aliphatic imine (C=N–C) groups is 1. The molecule has 5 N–H and O–H groups in total. The molecule has 0 aliphatic heterocycles. The first-order valence-corrected chi connectivity index (χ1v) is 4.08. The highest BCUT2D eigenvalue weighted by Gasteiger charge is 2.19. The van der Waals surface area contributed by atoms with Gasteiger partial charge in [0.1, 0.15) is 0 Å². The number of aliphatic carboxylic acids is 1. The largest absolute Gasteiger partial charge is 0.490 e. The molecule has 0 aliphatic rings. The smallest absolute Gasteiger partial charge is 0.373 e. The molecule has 0 fully saturated rings. The molecule has 0 rings (SSSR count). The van der Waals surface area contributed by atoms with Gasteiger partial charge in [-0.3, -0.25) is 0 Å². The van der Waals surface area contributed by atoms with Crippen LogP contribution >= 0.6 is 0 Å². The van der Waals surface area contributed by atoms with Gasteiger partial charge in [0, 0.05) is 6.08 Å². The maximum atomic E-state index is 11.1. The van der Waals surface area contributed by atoms with Gasteiger partial charge in [-0.2, -0.15) is 0 Å². The van der Waals surface area contributed by atoms with E-state index in [2.05, 4.69) is 14.5 Å². The predicted molar refractivity (Wildman–Crippen MR) is 54.3 cm³/mol. The van der Waals surface area contributed by atoms with E-state index in [9.17, 15) is 9.59 Å². The zero-order valence-corrected chi connectivity index (χ0v) is 8.84. The number of carboxylic acids is 1. The van der Waals surface area contributed by atoms with E-state index in [0.717, 1.165) is 13.2 Å². The highest BCUT2D eigenvalue weighted by Crippen LogP contribution is 2.04. The number of rotatable bonds is 5. The number of carboxylic acid groups (broad SMARTS) is 1. The first kappa shape index (κ1) is 13.8. The summed E-state index contributed by atoms with van der Waals surface area (Å²) in [5, 5.41) is 8.75. The zero-order valence-electron chi connectivity index (χ0n) is 8.84. The Kier molecular flexibility index (Phi) is 5.39. The molecule has 0 saturated heterocycles. The number of hydrogen-bond acceptors (Lipinski definition) is 5.